The van der Waals surface area contributed by atoms with Gasteiger partial charge in [-0.1, -0.05) is 6.07 Å². The van der Waals surface area contributed by atoms with Crippen molar-refractivity contribution >= 4 is 0 Å². The van der Waals surface area contributed by atoms with Crippen LogP contribution in [0, 0.1) is 5.82 Å². The maximum Gasteiger partial charge on any atom is 0.130 e. The summed E-state index contributed by atoms with van der Waals surface area (Å²) in [6, 6.07) is 10.2. The molecular formula is C16H19FN2O2. The lowest BCUT2D eigenvalue weighted by Gasteiger charge is -2.12. The summed E-state index contributed by atoms with van der Waals surface area (Å²) in [4.78, 5) is 4.20. The van der Waals surface area contributed by atoms with Gasteiger partial charge < -0.3 is 14.8 Å². The molecule has 4 nitrogen and oxygen atoms in total. The Morgan fingerprint density at radius 3 is 2.90 bits per heavy atom. The quantitative estimate of drug-likeness (QED) is 0.759. The van der Waals surface area contributed by atoms with Gasteiger partial charge in [0, 0.05) is 32.0 Å². The molecule has 1 aromatic heterocycles. The number of halogens is 1. The first-order valence-electron chi connectivity index (χ1n) is 6.80. The Morgan fingerprint density at radius 1 is 1.24 bits per heavy atom. The van der Waals surface area contributed by atoms with Gasteiger partial charge >= 0.3 is 0 Å². The standard InChI is InChI=1S/C16H19FN2O2/c1-20-9-8-18-11-13-10-14(17)5-6-16(13)21-12-15-4-2-3-7-19-15/h2-7,10,18H,8-9,11-12H2,1H3. The van der Waals surface area contributed by atoms with Gasteiger partial charge in [-0.05, 0) is 30.3 Å². The number of nitrogens with zero attached hydrogens (tertiary/aromatic N) is 1. The molecule has 2 aromatic rings. The van der Waals surface area contributed by atoms with Crippen molar-refractivity contribution in [3.05, 3.63) is 59.7 Å². The zero-order valence-electron chi connectivity index (χ0n) is 12.0. The number of nitrogens with one attached hydrogen (secondary N) is 1. The smallest absolute Gasteiger partial charge is 0.130 e. The maximum absolute atomic E-state index is 13.4. The van der Waals surface area contributed by atoms with Gasteiger partial charge in [-0.15, -0.1) is 0 Å². The Balaban J connectivity index is 1.97. The maximum atomic E-state index is 13.4. The summed E-state index contributed by atoms with van der Waals surface area (Å²) in [6.07, 6.45) is 1.72. The topological polar surface area (TPSA) is 43.4 Å². The van der Waals surface area contributed by atoms with Crippen molar-refractivity contribution in [3.8, 4) is 5.75 Å². The average Bonchev–Trinajstić information content (AvgIpc) is 2.52. The van der Waals surface area contributed by atoms with Gasteiger partial charge in [0.2, 0.25) is 0 Å². The Labute approximate surface area is 123 Å². The second kappa shape index (κ2) is 8.34. The lowest BCUT2D eigenvalue weighted by atomic mass is 10.2. The molecule has 112 valence electrons. The van der Waals surface area contributed by atoms with E-state index in [0.29, 0.717) is 32.1 Å². The van der Waals surface area contributed by atoms with Crippen LogP contribution in [0.4, 0.5) is 4.39 Å². The van der Waals surface area contributed by atoms with Crippen LogP contribution in [0.1, 0.15) is 11.3 Å². The predicted octanol–water partition coefficient (Wildman–Crippen LogP) is 2.54. The average molecular weight is 290 g/mol. The number of benzene rings is 1. The molecule has 0 aliphatic carbocycles. The molecule has 5 heteroatoms. The van der Waals surface area contributed by atoms with Crippen LogP contribution < -0.4 is 10.1 Å². The SMILES string of the molecule is COCCNCc1cc(F)ccc1OCc1ccccn1. The first-order valence-corrected chi connectivity index (χ1v) is 6.80. The Hall–Kier alpha value is -1.98. The Kier molecular flexibility index (Phi) is 6.12. The number of ether oxygens (including phenoxy) is 2. The minimum atomic E-state index is -0.274. The molecular weight excluding hydrogens is 271 g/mol. The number of pyridine rings is 1. The third-order valence-electron chi connectivity index (χ3n) is 2.92. The predicted molar refractivity (Wildman–Crippen MR) is 78.6 cm³/mol. The fourth-order valence-electron chi connectivity index (χ4n) is 1.86. The van der Waals surface area contributed by atoms with E-state index in [1.54, 1.807) is 19.4 Å². The molecule has 0 saturated heterocycles. The third-order valence-corrected chi connectivity index (χ3v) is 2.92. The second-order valence-corrected chi connectivity index (χ2v) is 4.53. The van der Waals surface area contributed by atoms with E-state index >= 15 is 0 Å². The molecule has 0 aliphatic heterocycles. The molecule has 0 unspecified atom stereocenters. The zero-order chi connectivity index (χ0) is 14.9. The Morgan fingerprint density at radius 2 is 2.14 bits per heavy atom. The summed E-state index contributed by atoms with van der Waals surface area (Å²) in [6.45, 7) is 2.20. The second-order valence-electron chi connectivity index (χ2n) is 4.53. The minimum Gasteiger partial charge on any atom is -0.487 e. The van der Waals surface area contributed by atoms with Gasteiger partial charge in [-0.25, -0.2) is 4.39 Å². The van der Waals surface area contributed by atoms with Crippen LogP contribution in [-0.2, 0) is 17.9 Å². The molecule has 1 heterocycles. The van der Waals surface area contributed by atoms with E-state index in [4.69, 9.17) is 9.47 Å². The fourth-order valence-corrected chi connectivity index (χ4v) is 1.86. The van der Waals surface area contributed by atoms with Crippen LogP contribution in [-0.4, -0.2) is 25.2 Å². The van der Waals surface area contributed by atoms with Gasteiger partial charge in [0.1, 0.15) is 18.2 Å². The highest BCUT2D eigenvalue weighted by Gasteiger charge is 2.06. The van der Waals surface area contributed by atoms with Crippen molar-refractivity contribution in [2.45, 2.75) is 13.2 Å². The van der Waals surface area contributed by atoms with Crippen LogP contribution in [0.3, 0.4) is 0 Å². The molecule has 21 heavy (non-hydrogen) atoms. The minimum absolute atomic E-state index is 0.274. The molecule has 1 N–H and O–H groups in total. The molecule has 0 aliphatic rings. The van der Waals surface area contributed by atoms with E-state index in [0.717, 1.165) is 11.3 Å². The highest BCUT2D eigenvalue weighted by atomic mass is 19.1. The lowest BCUT2D eigenvalue weighted by molar-refractivity contribution is 0.199. The summed E-state index contributed by atoms with van der Waals surface area (Å²) in [5, 5.41) is 3.18. The van der Waals surface area contributed by atoms with Gasteiger partial charge in [0.05, 0.1) is 12.3 Å². The van der Waals surface area contributed by atoms with E-state index in [1.807, 2.05) is 18.2 Å². The number of rotatable bonds is 8. The molecule has 1 aromatic carbocycles. The van der Waals surface area contributed by atoms with E-state index in [9.17, 15) is 4.39 Å². The molecule has 0 saturated carbocycles. The number of methoxy groups -OCH3 is 1. The summed E-state index contributed by atoms with van der Waals surface area (Å²) in [5.74, 6) is 0.385. The molecule has 0 atom stereocenters. The van der Waals surface area contributed by atoms with Crippen LogP contribution >= 0.6 is 0 Å². The molecule has 0 amide bonds. The molecule has 0 bridgehead atoms. The monoisotopic (exact) mass is 290 g/mol. The van der Waals surface area contributed by atoms with Crippen molar-refractivity contribution in [1.29, 1.82) is 0 Å². The van der Waals surface area contributed by atoms with E-state index in [-0.39, 0.29) is 5.82 Å². The summed E-state index contributed by atoms with van der Waals surface area (Å²) in [5.41, 5.74) is 1.61. The van der Waals surface area contributed by atoms with E-state index < -0.39 is 0 Å². The first-order chi connectivity index (χ1) is 10.3. The zero-order valence-corrected chi connectivity index (χ0v) is 12.0. The normalized spacial score (nSPS) is 10.6. The van der Waals surface area contributed by atoms with Crippen LogP contribution in [0.25, 0.3) is 0 Å². The summed E-state index contributed by atoms with van der Waals surface area (Å²) in [7, 11) is 1.64. The number of hydrogen-bond acceptors (Lipinski definition) is 4. The number of hydrogen-bond donors (Lipinski definition) is 1. The highest BCUT2D eigenvalue weighted by molar-refractivity contribution is 5.34. The van der Waals surface area contributed by atoms with Gasteiger partial charge in [-0.3, -0.25) is 4.98 Å². The van der Waals surface area contributed by atoms with E-state index in [1.165, 1.54) is 12.1 Å². The third kappa shape index (κ3) is 5.13. The molecule has 0 fully saturated rings. The first kappa shape index (κ1) is 15.4. The summed E-state index contributed by atoms with van der Waals surface area (Å²) < 4.78 is 24.1. The van der Waals surface area contributed by atoms with Crippen molar-refractivity contribution in [2.24, 2.45) is 0 Å². The molecule has 2 rings (SSSR count). The van der Waals surface area contributed by atoms with Crippen molar-refractivity contribution in [1.82, 2.24) is 10.3 Å². The van der Waals surface area contributed by atoms with E-state index in [2.05, 4.69) is 10.3 Å². The van der Waals surface area contributed by atoms with Gasteiger partial charge in [0.15, 0.2) is 0 Å². The summed E-state index contributed by atoms with van der Waals surface area (Å²) >= 11 is 0. The largest absolute Gasteiger partial charge is 0.487 e. The van der Waals surface area contributed by atoms with Gasteiger partial charge in [0.25, 0.3) is 0 Å². The fraction of sp³-hybridized carbons (Fsp3) is 0.312. The van der Waals surface area contributed by atoms with Crippen LogP contribution in [0.2, 0.25) is 0 Å². The highest BCUT2D eigenvalue weighted by Crippen LogP contribution is 2.20. The lowest BCUT2D eigenvalue weighted by Crippen LogP contribution is -2.19. The van der Waals surface area contributed by atoms with Gasteiger partial charge in [-0.2, -0.15) is 0 Å². The van der Waals surface area contributed by atoms with Crippen molar-refractivity contribution in [2.75, 3.05) is 20.3 Å². The van der Waals surface area contributed by atoms with Crippen LogP contribution in [0.5, 0.6) is 5.75 Å². The Bertz CT molecular complexity index is 549. The molecule has 0 radical (unpaired) electrons. The van der Waals surface area contributed by atoms with Crippen LogP contribution in [0.15, 0.2) is 42.6 Å². The number of aromatic nitrogens is 1. The van der Waals surface area contributed by atoms with Crippen molar-refractivity contribution in [3.63, 3.8) is 0 Å². The molecule has 0 spiro atoms. The van der Waals surface area contributed by atoms with Crippen molar-refractivity contribution < 1.29 is 13.9 Å².